The Kier molecular flexibility index (Phi) is 5.42. The van der Waals surface area contributed by atoms with E-state index < -0.39 is 0 Å². The lowest BCUT2D eigenvalue weighted by molar-refractivity contribution is -0.122. The van der Waals surface area contributed by atoms with Gasteiger partial charge in [0.05, 0.1) is 0 Å². The van der Waals surface area contributed by atoms with Gasteiger partial charge in [0, 0.05) is 12.5 Å². The van der Waals surface area contributed by atoms with E-state index >= 15 is 0 Å². The van der Waals surface area contributed by atoms with Gasteiger partial charge in [-0.3, -0.25) is 4.79 Å². The maximum absolute atomic E-state index is 12.3. The third kappa shape index (κ3) is 3.73. The predicted molar refractivity (Wildman–Crippen MR) is 101 cm³/mol. The normalized spacial score (nSPS) is 25.2. The van der Waals surface area contributed by atoms with E-state index in [2.05, 4.69) is 53.1 Å². The second-order valence-electron chi connectivity index (χ2n) is 6.99. The summed E-state index contributed by atoms with van der Waals surface area (Å²) in [5.41, 5.74) is 1.31. The van der Waals surface area contributed by atoms with Crippen LogP contribution in [0.4, 0.5) is 0 Å². The summed E-state index contributed by atoms with van der Waals surface area (Å²) in [6.07, 6.45) is 3.35. The fourth-order valence-electron chi connectivity index (χ4n) is 3.78. The molecule has 0 bridgehead atoms. The van der Waals surface area contributed by atoms with E-state index in [1.54, 1.807) is 0 Å². The highest BCUT2D eigenvalue weighted by atomic mass is 35.5. The average molecular weight is 345 g/mol. The van der Waals surface area contributed by atoms with Crippen molar-refractivity contribution in [1.82, 2.24) is 10.6 Å². The molecule has 1 heterocycles. The third-order valence-electron chi connectivity index (χ3n) is 5.34. The van der Waals surface area contributed by atoms with Gasteiger partial charge in [-0.15, -0.1) is 12.4 Å². The Bertz CT molecular complexity index is 712. The van der Waals surface area contributed by atoms with Crippen molar-refractivity contribution in [2.24, 2.45) is 11.8 Å². The number of carbonyl (C=O) groups is 1. The standard InChI is InChI=1S/C20H24N2O.ClH/c23-20(22-10-8-14-7-9-21-13-14)19-12-18(19)17-6-5-15-3-1-2-4-16(15)11-17;/h1-6,11,14,18-19,21H,7-10,12-13H2,(H,22,23);1H. The summed E-state index contributed by atoms with van der Waals surface area (Å²) in [6, 6.07) is 15.0. The Hall–Kier alpha value is -1.58. The van der Waals surface area contributed by atoms with Gasteiger partial charge < -0.3 is 10.6 Å². The second-order valence-corrected chi connectivity index (χ2v) is 6.99. The summed E-state index contributed by atoms with van der Waals surface area (Å²) in [5.74, 6) is 1.57. The molecule has 2 N–H and O–H groups in total. The van der Waals surface area contributed by atoms with E-state index in [0.717, 1.165) is 38.4 Å². The van der Waals surface area contributed by atoms with Crippen LogP contribution in [-0.4, -0.2) is 25.5 Å². The SMILES string of the molecule is Cl.O=C(NCCC1CCNC1)C1CC1c1ccc2ccccc2c1. The molecule has 1 aliphatic heterocycles. The number of benzene rings is 2. The number of hydrogen-bond donors (Lipinski definition) is 2. The first kappa shape index (κ1) is 17.2. The maximum Gasteiger partial charge on any atom is 0.223 e. The fourth-order valence-corrected chi connectivity index (χ4v) is 3.78. The molecule has 3 unspecified atom stereocenters. The van der Waals surface area contributed by atoms with E-state index in [1.165, 1.54) is 22.8 Å². The number of nitrogens with one attached hydrogen (secondary N) is 2. The Morgan fingerprint density at radius 3 is 2.79 bits per heavy atom. The van der Waals surface area contributed by atoms with Crippen molar-refractivity contribution in [2.75, 3.05) is 19.6 Å². The summed E-state index contributed by atoms with van der Waals surface area (Å²) in [5, 5.41) is 9.05. The lowest BCUT2D eigenvalue weighted by atomic mass is 10.0. The molecule has 4 rings (SSSR count). The molecule has 24 heavy (non-hydrogen) atoms. The highest BCUT2D eigenvalue weighted by Crippen LogP contribution is 2.48. The number of hydrogen-bond acceptors (Lipinski definition) is 2. The molecule has 1 saturated carbocycles. The first-order chi connectivity index (χ1) is 11.3. The number of carbonyl (C=O) groups excluding carboxylic acids is 1. The molecule has 1 aliphatic carbocycles. The molecule has 128 valence electrons. The minimum Gasteiger partial charge on any atom is -0.356 e. The zero-order valence-corrected chi connectivity index (χ0v) is 14.6. The highest BCUT2D eigenvalue weighted by Gasteiger charge is 2.43. The molecule has 3 nitrogen and oxygen atoms in total. The molecule has 0 radical (unpaired) electrons. The summed E-state index contributed by atoms with van der Waals surface area (Å²) in [7, 11) is 0. The Morgan fingerprint density at radius 2 is 2.00 bits per heavy atom. The van der Waals surface area contributed by atoms with Gasteiger partial charge in [-0.2, -0.15) is 0 Å². The molecule has 4 heteroatoms. The summed E-state index contributed by atoms with van der Waals surface area (Å²) in [6.45, 7) is 3.07. The molecule has 2 aromatic rings. The van der Waals surface area contributed by atoms with Crippen molar-refractivity contribution in [3.8, 4) is 0 Å². The van der Waals surface area contributed by atoms with Crippen LogP contribution in [0.3, 0.4) is 0 Å². The zero-order valence-electron chi connectivity index (χ0n) is 13.8. The molecule has 2 aromatic carbocycles. The molecule has 3 atom stereocenters. The number of amides is 1. The van der Waals surface area contributed by atoms with E-state index in [1.807, 2.05) is 0 Å². The molecule has 0 aromatic heterocycles. The van der Waals surface area contributed by atoms with Crippen LogP contribution in [0.15, 0.2) is 42.5 Å². The van der Waals surface area contributed by atoms with Gasteiger partial charge in [-0.1, -0.05) is 42.5 Å². The number of halogens is 1. The van der Waals surface area contributed by atoms with E-state index in [-0.39, 0.29) is 24.2 Å². The zero-order chi connectivity index (χ0) is 15.6. The van der Waals surface area contributed by atoms with E-state index in [4.69, 9.17) is 0 Å². The van der Waals surface area contributed by atoms with Gasteiger partial charge in [0.25, 0.3) is 0 Å². The van der Waals surface area contributed by atoms with Crippen LogP contribution in [0, 0.1) is 11.8 Å². The first-order valence-electron chi connectivity index (χ1n) is 8.78. The van der Waals surface area contributed by atoms with E-state index in [0.29, 0.717) is 5.92 Å². The molecule has 2 aliphatic rings. The van der Waals surface area contributed by atoms with E-state index in [9.17, 15) is 4.79 Å². The first-order valence-corrected chi connectivity index (χ1v) is 8.78. The van der Waals surface area contributed by atoms with Crippen molar-refractivity contribution >= 4 is 29.1 Å². The summed E-state index contributed by atoms with van der Waals surface area (Å²) >= 11 is 0. The van der Waals surface area contributed by atoms with Crippen LogP contribution in [0.1, 0.15) is 30.7 Å². The van der Waals surface area contributed by atoms with Crippen molar-refractivity contribution in [1.29, 1.82) is 0 Å². The largest absolute Gasteiger partial charge is 0.356 e. The second kappa shape index (κ2) is 7.54. The van der Waals surface area contributed by atoms with Gasteiger partial charge >= 0.3 is 0 Å². The third-order valence-corrected chi connectivity index (χ3v) is 5.34. The molecular formula is C20H25ClN2O. The molecule has 0 spiro atoms. The number of fused-ring (bicyclic) bond motifs is 1. The maximum atomic E-state index is 12.3. The summed E-state index contributed by atoms with van der Waals surface area (Å²) in [4.78, 5) is 12.3. The van der Waals surface area contributed by atoms with Gasteiger partial charge in [0.2, 0.25) is 5.91 Å². The Balaban J connectivity index is 0.00000169. The van der Waals surface area contributed by atoms with Gasteiger partial charge in [0.1, 0.15) is 0 Å². The van der Waals surface area contributed by atoms with Crippen molar-refractivity contribution in [3.63, 3.8) is 0 Å². The minimum atomic E-state index is 0. The van der Waals surface area contributed by atoms with Crippen LogP contribution < -0.4 is 10.6 Å². The van der Waals surface area contributed by atoms with Crippen LogP contribution in [0.25, 0.3) is 10.8 Å². The smallest absolute Gasteiger partial charge is 0.223 e. The average Bonchev–Trinajstić information content (AvgIpc) is 3.23. The Labute approximate surface area is 149 Å². The predicted octanol–water partition coefficient (Wildman–Crippen LogP) is 3.48. The minimum absolute atomic E-state index is 0. The van der Waals surface area contributed by atoms with Gasteiger partial charge in [0.15, 0.2) is 0 Å². The molecule has 1 amide bonds. The van der Waals surface area contributed by atoms with Gasteiger partial charge in [-0.25, -0.2) is 0 Å². The highest BCUT2D eigenvalue weighted by molar-refractivity contribution is 5.86. The summed E-state index contributed by atoms with van der Waals surface area (Å²) < 4.78 is 0. The van der Waals surface area contributed by atoms with Gasteiger partial charge in [-0.05, 0) is 60.5 Å². The van der Waals surface area contributed by atoms with Crippen molar-refractivity contribution < 1.29 is 4.79 Å². The number of rotatable bonds is 5. The van der Waals surface area contributed by atoms with Crippen LogP contribution in [0.2, 0.25) is 0 Å². The monoisotopic (exact) mass is 344 g/mol. The lowest BCUT2D eigenvalue weighted by Gasteiger charge is -2.09. The van der Waals surface area contributed by atoms with Crippen LogP contribution in [-0.2, 0) is 4.79 Å². The lowest BCUT2D eigenvalue weighted by Crippen LogP contribution is -2.28. The Morgan fingerprint density at radius 1 is 1.17 bits per heavy atom. The molecule has 1 saturated heterocycles. The van der Waals surface area contributed by atoms with Crippen molar-refractivity contribution in [2.45, 2.75) is 25.2 Å². The van der Waals surface area contributed by atoms with Crippen molar-refractivity contribution in [3.05, 3.63) is 48.0 Å². The molecular weight excluding hydrogens is 320 g/mol. The van der Waals surface area contributed by atoms with Crippen LogP contribution >= 0.6 is 12.4 Å². The fraction of sp³-hybridized carbons (Fsp3) is 0.450. The van der Waals surface area contributed by atoms with Crippen LogP contribution in [0.5, 0.6) is 0 Å². The topological polar surface area (TPSA) is 41.1 Å². The quantitative estimate of drug-likeness (QED) is 0.871. The molecule has 2 fully saturated rings.